The average molecular weight is 316 g/mol. The van der Waals surface area contributed by atoms with E-state index in [1.165, 1.54) is 7.11 Å². The Morgan fingerprint density at radius 1 is 1.47 bits per heavy atom. The first-order chi connectivity index (χ1) is 7.92. The Balaban J connectivity index is 3.30. The monoisotopic (exact) mass is 315 g/mol. The number of aliphatic hydroxyl groups is 1. The number of ether oxygens (including phenoxy) is 2. The molecule has 0 saturated heterocycles. The first kappa shape index (κ1) is 14.0. The molecule has 1 aromatic heterocycles. The van der Waals surface area contributed by atoms with E-state index in [0.717, 1.165) is 6.20 Å². The number of aromatic nitrogens is 1. The van der Waals surface area contributed by atoms with Gasteiger partial charge < -0.3 is 14.6 Å². The maximum absolute atomic E-state index is 12.2. The molecule has 96 valence electrons. The Hall–Kier alpha value is -1.02. The van der Waals surface area contributed by atoms with E-state index in [2.05, 4.69) is 25.7 Å². The summed E-state index contributed by atoms with van der Waals surface area (Å²) in [6.07, 6.45) is -3.76. The van der Waals surface area contributed by atoms with E-state index in [9.17, 15) is 13.2 Å². The van der Waals surface area contributed by atoms with Crippen LogP contribution in [0.15, 0.2) is 6.20 Å². The summed E-state index contributed by atoms with van der Waals surface area (Å²) < 4.78 is 45.4. The van der Waals surface area contributed by atoms with Crippen LogP contribution in [0.3, 0.4) is 0 Å². The predicted octanol–water partition coefficient (Wildman–Crippen LogP) is 2.38. The molecule has 0 spiro atoms. The third-order valence-electron chi connectivity index (χ3n) is 1.88. The molecule has 0 saturated carbocycles. The first-order valence-corrected chi connectivity index (χ1v) is 5.52. The van der Waals surface area contributed by atoms with Crippen LogP contribution in [-0.4, -0.2) is 23.6 Å². The molecule has 4 nitrogen and oxygen atoms in total. The van der Waals surface area contributed by atoms with Gasteiger partial charge in [-0.2, -0.15) is 0 Å². The zero-order valence-corrected chi connectivity index (χ0v) is 10.3. The largest absolute Gasteiger partial charge is 0.573 e. The van der Waals surface area contributed by atoms with Crippen LogP contribution in [0, 0.1) is 0 Å². The molecular weight excluding hydrogens is 307 g/mol. The van der Waals surface area contributed by atoms with Crippen molar-refractivity contribution in [2.24, 2.45) is 0 Å². The summed E-state index contributed by atoms with van der Waals surface area (Å²) in [6.45, 7) is -0.609. The average Bonchev–Trinajstić information content (AvgIpc) is 2.26. The van der Waals surface area contributed by atoms with E-state index in [4.69, 9.17) is 9.84 Å². The Bertz CT molecular complexity index is 398. The summed E-state index contributed by atoms with van der Waals surface area (Å²) in [4.78, 5) is 3.77. The quantitative estimate of drug-likeness (QED) is 0.867. The minimum Gasteiger partial charge on any atom is -0.481 e. The van der Waals surface area contributed by atoms with Crippen LogP contribution in [-0.2, 0) is 11.9 Å². The molecule has 0 unspecified atom stereocenters. The molecule has 0 aromatic carbocycles. The molecule has 1 N–H and O–H groups in total. The van der Waals surface area contributed by atoms with Gasteiger partial charge in [0.15, 0.2) is 0 Å². The van der Waals surface area contributed by atoms with Crippen molar-refractivity contribution in [1.82, 2.24) is 4.98 Å². The minimum absolute atomic E-state index is 0.0123. The highest BCUT2D eigenvalue weighted by molar-refractivity contribution is 9.08. The number of alkyl halides is 4. The van der Waals surface area contributed by atoms with Crippen LogP contribution in [0.4, 0.5) is 13.2 Å². The lowest BCUT2D eigenvalue weighted by atomic mass is 10.2. The van der Waals surface area contributed by atoms with Crippen LogP contribution in [0.25, 0.3) is 0 Å². The van der Waals surface area contributed by atoms with Crippen molar-refractivity contribution in [1.29, 1.82) is 0 Å². The predicted molar refractivity (Wildman–Crippen MR) is 56.0 cm³/mol. The summed E-state index contributed by atoms with van der Waals surface area (Å²) in [5.41, 5.74) is 0.0361. The van der Waals surface area contributed by atoms with Crippen molar-refractivity contribution < 1.29 is 27.8 Å². The summed E-state index contributed by atoms with van der Waals surface area (Å²) in [5.74, 6) is -0.470. The molecule has 0 fully saturated rings. The van der Waals surface area contributed by atoms with Crippen LogP contribution in [0.1, 0.15) is 11.1 Å². The number of halogens is 4. The molecule has 1 aromatic rings. The number of nitrogens with zero attached hydrogens (tertiary/aromatic N) is 1. The highest BCUT2D eigenvalue weighted by Gasteiger charge is 2.34. The Morgan fingerprint density at radius 2 is 2.12 bits per heavy atom. The van der Waals surface area contributed by atoms with Gasteiger partial charge in [-0.15, -0.1) is 13.2 Å². The van der Waals surface area contributed by atoms with E-state index < -0.39 is 18.7 Å². The van der Waals surface area contributed by atoms with Gasteiger partial charge in [0.25, 0.3) is 0 Å². The van der Waals surface area contributed by atoms with Gasteiger partial charge in [0.1, 0.15) is 5.75 Å². The topological polar surface area (TPSA) is 51.6 Å². The van der Waals surface area contributed by atoms with Crippen molar-refractivity contribution in [3.8, 4) is 11.6 Å². The van der Waals surface area contributed by atoms with E-state index in [1.54, 1.807) is 0 Å². The molecule has 0 bridgehead atoms. The van der Waals surface area contributed by atoms with Crippen molar-refractivity contribution in [2.75, 3.05) is 7.11 Å². The van der Waals surface area contributed by atoms with Gasteiger partial charge in [0, 0.05) is 17.1 Å². The first-order valence-electron chi connectivity index (χ1n) is 4.40. The van der Waals surface area contributed by atoms with Crippen LogP contribution in [0.5, 0.6) is 11.6 Å². The number of hydrogen-bond donors (Lipinski definition) is 1. The highest BCUT2D eigenvalue weighted by atomic mass is 79.9. The summed E-state index contributed by atoms with van der Waals surface area (Å²) >= 11 is 3.02. The zero-order valence-electron chi connectivity index (χ0n) is 8.71. The van der Waals surface area contributed by atoms with Crippen molar-refractivity contribution >= 4 is 15.9 Å². The Labute approximate surface area is 103 Å². The maximum atomic E-state index is 12.2. The number of aliphatic hydroxyl groups excluding tert-OH is 1. The maximum Gasteiger partial charge on any atom is 0.573 e. The van der Waals surface area contributed by atoms with Gasteiger partial charge >= 0.3 is 6.36 Å². The normalized spacial score (nSPS) is 11.4. The van der Waals surface area contributed by atoms with Crippen LogP contribution < -0.4 is 9.47 Å². The molecular formula is C9H9BrF3NO3. The fraction of sp³-hybridized carbons (Fsp3) is 0.444. The van der Waals surface area contributed by atoms with Gasteiger partial charge in [-0.25, -0.2) is 4.98 Å². The second kappa shape index (κ2) is 5.54. The van der Waals surface area contributed by atoms with Crippen molar-refractivity contribution in [3.05, 3.63) is 17.3 Å². The lowest BCUT2D eigenvalue weighted by Crippen LogP contribution is -2.19. The molecule has 0 aliphatic carbocycles. The molecule has 0 atom stereocenters. The van der Waals surface area contributed by atoms with E-state index in [0.29, 0.717) is 0 Å². The minimum atomic E-state index is -4.84. The second-order valence-electron chi connectivity index (χ2n) is 2.94. The number of methoxy groups -OCH3 is 1. The standard InChI is InChI=1S/C9H9BrF3NO3/c1-16-8-6(2-10)7(17-9(11,12)13)5(4-15)3-14-8/h3,15H,2,4H2,1H3. The summed E-state index contributed by atoms with van der Waals surface area (Å²) in [7, 11) is 1.28. The third-order valence-corrected chi connectivity index (χ3v) is 2.44. The lowest BCUT2D eigenvalue weighted by molar-refractivity contribution is -0.275. The van der Waals surface area contributed by atoms with Crippen molar-refractivity contribution in [2.45, 2.75) is 18.3 Å². The van der Waals surface area contributed by atoms with Gasteiger partial charge in [-0.05, 0) is 0 Å². The molecule has 0 radical (unpaired) electrons. The molecule has 0 aliphatic rings. The number of rotatable bonds is 4. The van der Waals surface area contributed by atoms with Gasteiger partial charge in [0.05, 0.1) is 19.3 Å². The fourth-order valence-corrected chi connectivity index (χ4v) is 1.71. The Kier molecular flexibility index (Phi) is 4.58. The van der Waals surface area contributed by atoms with Crippen LogP contribution >= 0.6 is 15.9 Å². The molecule has 1 heterocycles. The Morgan fingerprint density at radius 3 is 2.53 bits per heavy atom. The van der Waals surface area contributed by atoms with Crippen molar-refractivity contribution in [3.63, 3.8) is 0 Å². The van der Waals surface area contributed by atoms with E-state index in [1.807, 2.05) is 0 Å². The van der Waals surface area contributed by atoms with Crippen LogP contribution in [0.2, 0.25) is 0 Å². The van der Waals surface area contributed by atoms with Gasteiger partial charge in [0.2, 0.25) is 5.88 Å². The molecule has 8 heteroatoms. The number of hydrogen-bond acceptors (Lipinski definition) is 4. The fourth-order valence-electron chi connectivity index (χ4n) is 1.21. The third kappa shape index (κ3) is 3.47. The van der Waals surface area contributed by atoms with Gasteiger partial charge in [-0.3, -0.25) is 0 Å². The lowest BCUT2D eigenvalue weighted by Gasteiger charge is -2.16. The van der Waals surface area contributed by atoms with E-state index in [-0.39, 0.29) is 22.3 Å². The molecule has 0 amide bonds. The zero-order chi connectivity index (χ0) is 13.1. The molecule has 0 aliphatic heterocycles. The highest BCUT2D eigenvalue weighted by Crippen LogP contribution is 2.35. The van der Waals surface area contributed by atoms with E-state index >= 15 is 0 Å². The summed E-state index contributed by atoms with van der Waals surface area (Å²) in [6, 6.07) is 0. The smallest absolute Gasteiger partial charge is 0.481 e. The molecule has 17 heavy (non-hydrogen) atoms. The SMILES string of the molecule is COc1ncc(CO)c(OC(F)(F)F)c1CBr. The second-order valence-corrected chi connectivity index (χ2v) is 3.50. The molecule has 1 rings (SSSR count). The van der Waals surface area contributed by atoms with Gasteiger partial charge in [-0.1, -0.05) is 15.9 Å². The summed E-state index contributed by atoms with van der Waals surface area (Å²) in [5, 5.41) is 9.01. The number of pyridine rings is 1.